The summed E-state index contributed by atoms with van der Waals surface area (Å²) >= 11 is 4.03. The molecule has 0 saturated carbocycles. The molecule has 0 saturated heterocycles. The van der Waals surface area contributed by atoms with E-state index in [1.165, 1.54) is 13.4 Å². The molecule has 0 aliphatic rings. The van der Waals surface area contributed by atoms with E-state index in [2.05, 4.69) is 52.9 Å². The molecule has 2 aromatic carbocycles. The average Bonchev–Trinajstić information content (AvgIpc) is 2.34. The number of halogens is 1. The van der Waals surface area contributed by atoms with Crippen LogP contribution in [0.3, 0.4) is 0 Å². The summed E-state index contributed by atoms with van der Waals surface area (Å²) in [6.45, 7) is 2.04. The van der Waals surface area contributed by atoms with E-state index in [4.69, 9.17) is 5.26 Å². The molecule has 2 rings (SSSR count). The van der Waals surface area contributed by atoms with Crippen molar-refractivity contribution in [1.82, 2.24) is 0 Å². The highest BCUT2D eigenvalue weighted by molar-refractivity contribution is 14.1. The molecule has 0 heterocycles. The van der Waals surface area contributed by atoms with E-state index in [0.29, 0.717) is 0 Å². The van der Waals surface area contributed by atoms with Gasteiger partial charge in [0.1, 0.15) is 0 Å². The lowest BCUT2D eigenvalue weighted by Crippen LogP contribution is -1.82. The maximum absolute atomic E-state index is 8.82. The van der Waals surface area contributed by atoms with Crippen molar-refractivity contribution in [2.24, 2.45) is 0 Å². The van der Waals surface area contributed by atoms with Gasteiger partial charge in [0.05, 0.1) is 11.6 Å². The summed E-state index contributed by atoms with van der Waals surface area (Å²) in [5, 5.41) is 8.82. The van der Waals surface area contributed by atoms with Crippen LogP contribution in [0.25, 0.3) is 0 Å². The Kier molecular flexibility index (Phi) is 4.08. The molecule has 17 heavy (non-hydrogen) atoms. The SMILES string of the molecule is Cc1cc(C#N)ccc1Sc1ccc(I)cc1. The van der Waals surface area contributed by atoms with Gasteiger partial charge in [-0.05, 0) is 77.5 Å². The Labute approximate surface area is 119 Å². The smallest absolute Gasteiger partial charge is 0.0991 e. The van der Waals surface area contributed by atoms with Gasteiger partial charge in [-0.2, -0.15) is 5.26 Å². The predicted molar refractivity (Wildman–Crippen MR) is 79.2 cm³/mol. The minimum Gasteiger partial charge on any atom is -0.192 e. The van der Waals surface area contributed by atoms with E-state index < -0.39 is 0 Å². The van der Waals surface area contributed by atoms with Crippen LogP contribution in [0.2, 0.25) is 0 Å². The zero-order chi connectivity index (χ0) is 12.3. The van der Waals surface area contributed by atoms with Gasteiger partial charge in [-0.1, -0.05) is 11.8 Å². The number of rotatable bonds is 2. The Hall–Kier alpha value is -0.990. The Balaban J connectivity index is 2.25. The molecule has 1 nitrogen and oxygen atoms in total. The monoisotopic (exact) mass is 351 g/mol. The van der Waals surface area contributed by atoms with Crippen LogP contribution in [0.5, 0.6) is 0 Å². The predicted octanol–water partition coefficient (Wildman–Crippen LogP) is 4.62. The third-order valence-corrected chi connectivity index (χ3v) is 4.25. The molecule has 0 amide bonds. The minimum atomic E-state index is 0.717. The molecule has 0 aliphatic heterocycles. The van der Waals surface area contributed by atoms with Crippen LogP contribution in [0.15, 0.2) is 52.3 Å². The first-order valence-corrected chi connectivity index (χ1v) is 7.03. The number of benzene rings is 2. The van der Waals surface area contributed by atoms with E-state index in [-0.39, 0.29) is 0 Å². The number of hydrogen-bond acceptors (Lipinski definition) is 2. The zero-order valence-corrected chi connectivity index (χ0v) is 12.2. The van der Waals surface area contributed by atoms with Gasteiger partial charge < -0.3 is 0 Å². The Bertz CT molecular complexity index is 570. The van der Waals surface area contributed by atoms with Crippen molar-refractivity contribution in [3.05, 3.63) is 57.2 Å². The fourth-order valence-electron chi connectivity index (χ4n) is 1.46. The molecular weight excluding hydrogens is 341 g/mol. The molecule has 0 unspecified atom stereocenters. The van der Waals surface area contributed by atoms with Crippen LogP contribution in [-0.4, -0.2) is 0 Å². The van der Waals surface area contributed by atoms with Gasteiger partial charge in [-0.15, -0.1) is 0 Å². The summed E-state index contributed by atoms with van der Waals surface area (Å²) in [6, 6.07) is 16.4. The molecule has 0 aliphatic carbocycles. The highest BCUT2D eigenvalue weighted by Gasteiger charge is 2.02. The zero-order valence-electron chi connectivity index (χ0n) is 9.27. The standard InChI is InChI=1S/C14H10INS/c1-10-8-11(9-16)2-7-14(10)17-13-5-3-12(15)4-6-13/h2-8H,1H3. The van der Waals surface area contributed by atoms with Crippen LogP contribution in [0.1, 0.15) is 11.1 Å². The van der Waals surface area contributed by atoms with Gasteiger partial charge in [0, 0.05) is 13.4 Å². The second-order valence-corrected chi connectivity index (χ2v) is 6.01. The van der Waals surface area contributed by atoms with E-state index in [9.17, 15) is 0 Å². The topological polar surface area (TPSA) is 23.8 Å². The highest BCUT2D eigenvalue weighted by Crippen LogP contribution is 2.30. The van der Waals surface area contributed by atoms with Gasteiger partial charge >= 0.3 is 0 Å². The molecule has 0 atom stereocenters. The first-order chi connectivity index (χ1) is 8.19. The van der Waals surface area contributed by atoms with E-state index in [1.807, 2.05) is 25.1 Å². The summed E-state index contributed by atoms with van der Waals surface area (Å²) < 4.78 is 1.24. The molecule has 0 bridgehead atoms. The van der Waals surface area contributed by atoms with E-state index >= 15 is 0 Å². The van der Waals surface area contributed by atoms with Crippen LogP contribution in [0, 0.1) is 21.8 Å². The van der Waals surface area contributed by atoms with Gasteiger partial charge in [-0.3, -0.25) is 0 Å². The number of aryl methyl sites for hydroxylation is 1. The van der Waals surface area contributed by atoms with Crippen LogP contribution < -0.4 is 0 Å². The first-order valence-electron chi connectivity index (χ1n) is 5.13. The van der Waals surface area contributed by atoms with Crippen LogP contribution >= 0.6 is 34.4 Å². The van der Waals surface area contributed by atoms with E-state index in [1.54, 1.807) is 11.8 Å². The molecule has 0 radical (unpaired) electrons. The van der Waals surface area contributed by atoms with Crippen molar-refractivity contribution < 1.29 is 0 Å². The average molecular weight is 351 g/mol. The molecule has 0 aromatic heterocycles. The Morgan fingerprint density at radius 2 is 1.82 bits per heavy atom. The van der Waals surface area contributed by atoms with Crippen molar-refractivity contribution in [2.75, 3.05) is 0 Å². The molecule has 84 valence electrons. The van der Waals surface area contributed by atoms with Crippen molar-refractivity contribution in [3.8, 4) is 6.07 Å². The highest BCUT2D eigenvalue weighted by atomic mass is 127. The maximum Gasteiger partial charge on any atom is 0.0991 e. The summed E-state index contributed by atoms with van der Waals surface area (Å²) in [4.78, 5) is 2.42. The molecule has 0 spiro atoms. The minimum absolute atomic E-state index is 0.717. The largest absolute Gasteiger partial charge is 0.192 e. The van der Waals surface area contributed by atoms with Crippen molar-refractivity contribution in [3.63, 3.8) is 0 Å². The summed E-state index contributed by atoms with van der Waals surface area (Å²) in [6.07, 6.45) is 0. The quantitative estimate of drug-likeness (QED) is 0.737. The fourth-order valence-corrected chi connectivity index (χ4v) is 2.70. The second-order valence-electron chi connectivity index (χ2n) is 3.65. The summed E-state index contributed by atoms with van der Waals surface area (Å²) in [5.74, 6) is 0. The van der Waals surface area contributed by atoms with E-state index in [0.717, 1.165) is 11.1 Å². The Morgan fingerprint density at radius 1 is 1.12 bits per heavy atom. The molecular formula is C14H10INS. The number of hydrogen-bond donors (Lipinski definition) is 0. The maximum atomic E-state index is 8.82. The molecule has 0 N–H and O–H groups in total. The lowest BCUT2D eigenvalue weighted by atomic mass is 10.2. The normalized spacial score (nSPS) is 9.94. The van der Waals surface area contributed by atoms with Crippen LogP contribution in [-0.2, 0) is 0 Å². The van der Waals surface area contributed by atoms with Crippen molar-refractivity contribution in [2.45, 2.75) is 16.7 Å². The number of nitrogens with zero attached hydrogens (tertiary/aromatic N) is 1. The molecule has 0 fully saturated rings. The summed E-state index contributed by atoms with van der Waals surface area (Å²) in [7, 11) is 0. The van der Waals surface area contributed by atoms with Crippen molar-refractivity contribution in [1.29, 1.82) is 5.26 Å². The molecule has 2 aromatic rings. The second kappa shape index (κ2) is 5.56. The van der Waals surface area contributed by atoms with Gasteiger partial charge in [-0.25, -0.2) is 0 Å². The Morgan fingerprint density at radius 3 is 2.41 bits per heavy atom. The first kappa shape index (κ1) is 12.5. The fraction of sp³-hybridized carbons (Fsp3) is 0.0714. The third-order valence-electron chi connectivity index (χ3n) is 2.35. The van der Waals surface area contributed by atoms with Crippen LogP contribution in [0.4, 0.5) is 0 Å². The summed E-state index contributed by atoms with van der Waals surface area (Å²) in [5.41, 5.74) is 1.86. The molecule has 3 heteroatoms. The van der Waals surface area contributed by atoms with Gasteiger partial charge in [0.15, 0.2) is 0 Å². The third kappa shape index (κ3) is 3.24. The van der Waals surface area contributed by atoms with Gasteiger partial charge in [0.2, 0.25) is 0 Å². The lowest BCUT2D eigenvalue weighted by molar-refractivity contribution is 1.28. The number of nitriles is 1. The van der Waals surface area contributed by atoms with Crippen molar-refractivity contribution >= 4 is 34.4 Å². The van der Waals surface area contributed by atoms with Gasteiger partial charge in [0.25, 0.3) is 0 Å². The lowest BCUT2D eigenvalue weighted by Gasteiger charge is -2.05.